The standard InChI is InChI=1S/C22H20N4O4S2/c1-15-2-8-18(9-3-15)32(29,30)25-17-6-4-16(5-7-17)24-20(27)10-12-26-14-23-21-19(22(26)28)11-13-31-21/h2-9,11,13-14,25H,10,12H2,1H3,(H,24,27). The Morgan fingerprint density at radius 1 is 1.03 bits per heavy atom. The number of nitrogens with one attached hydrogen (secondary N) is 2. The highest BCUT2D eigenvalue weighted by molar-refractivity contribution is 7.92. The second-order valence-corrected chi connectivity index (χ2v) is 9.75. The van der Waals surface area contributed by atoms with E-state index in [0.29, 0.717) is 21.6 Å². The SMILES string of the molecule is Cc1ccc(S(=O)(=O)Nc2ccc(NC(=O)CCn3cnc4sccc4c3=O)cc2)cc1. The van der Waals surface area contributed by atoms with Crippen LogP contribution >= 0.6 is 11.3 Å². The number of thiophene rings is 1. The highest BCUT2D eigenvalue weighted by Crippen LogP contribution is 2.19. The van der Waals surface area contributed by atoms with Gasteiger partial charge in [-0.1, -0.05) is 17.7 Å². The Morgan fingerprint density at radius 3 is 2.44 bits per heavy atom. The largest absolute Gasteiger partial charge is 0.326 e. The lowest BCUT2D eigenvalue weighted by molar-refractivity contribution is -0.116. The van der Waals surface area contributed by atoms with Crippen LogP contribution in [-0.2, 0) is 21.4 Å². The van der Waals surface area contributed by atoms with E-state index in [1.54, 1.807) is 60.0 Å². The first-order chi connectivity index (χ1) is 15.3. The second kappa shape index (κ2) is 8.93. The molecule has 10 heteroatoms. The first-order valence-electron chi connectivity index (χ1n) is 9.74. The summed E-state index contributed by atoms with van der Waals surface area (Å²) in [5.74, 6) is -0.268. The molecule has 0 aliphatic carbocycles. The van der Waals surface area contributed by atoms with Crippen molar-refractivity contribution in [2.24, 2.45) is 0 Å². The van der Waals surface area contributed by atoms with Crippen molar-refractivity contribution in [1.29, 1.82) is 0 Å². The Hall–Kier alpha value is -3.50. The van der Waals surface area contributed by atoms with E-state index in [1.807, 2.05) is 6.92 Å². The lowest BCUT2D eigenvalue weighted by Crippen LogP contribution is -2.23. The molecule has 0 radical (unpaired) electrons. The molecule has 2 aromatic carbocycles. The summed E-state index contributed by atoms with van der Waals surface area (Å²) in [6.45, 7) is 2.09. The molecule has 0 aliphatic heterocycles. The summed E-state index contributed by atoms with van der Waals surface area (Å²) in [5, 5.41) is 5.09. The molecule has 0 aliphatic rings. The molecule has 0 fully saturated rings. The summed E-state index contributed by atoms with van der Waals surface area (Å²) < 4.78 is 28.9. The van der Waals surface area contributed by atoms with Crippen LogP contribution in [0, 0.1) is 6.92 Å². The van der Waals surface area contributed by atoms with Crippen LogP contribution in [0.15, 0.2) is 76.0 Å². The summed E-state index contributed by atoms with van der Waals surface area (Å²) in [5.41, 5.74) is 1.70. The summed E-state index contributed by atoms with van der Waals surface area (Å²) in [6, 6.07) is 14.6. The number of hydrogen-bond donors (Lipinski definition) is 2. The number of carbonyl (C=O) groups excluding carboxylic acids is 1. The zero-order valence-electron chi connectivity index (χ0n) is 17.1. The number of carbonyl (C=O) groups is 1. The highest BCUT2D eigenvalue weighted by Gasteiger charge is 2.14. The van der Waals surface area contributed by atoms with Crippen LogP contribution in [-0.4, -0.2) is 23.9 Å². The molecule has 0 bridgehead atoms. The number of nitrogens with zero attached hydrogens (tertiary/aromatic N) is 2. The van der Waals surface area contributed by atoms with Gasteiger partial charge in [0.2, 0.25) is 5.91 Å². The van der Waals surface area contributed by atoms with Crippen molar-refractivity contribution in [2.75, 3.05) is 10.0 Å². The van der Waals surface area contributed by atoms with Gasteiger partial charge >= 0.3 is 0 Å². The molecule has 164 valence electrons. The number of sulfonamides is 1. The molecule has 0 spiro atoms. The van der Waals surface area contributed by atoms with Crippen molar-refractivity contribution in [1.82, 2.24) is 9.55 Å². The van der Waals surface area contributed by atoms with E-state index in [2.05, 4.69) is 15.0 Å². The van der Waals surface area contributed by atoms with Crippen molar-refractivity contribution in [3.63, 3.8) is 0 Å². The molecular weight excluding hydrogens is 448 g/mol. The van der Waals surface area contributed by atoms with Crippen LogP contribution in [0.4, 0.5) is 11.4 Å². The van der Waals surface area contributed by atoms with Crippen molar-refractivity contribution in [2.45, 2.75) is 24.8 Å². The summed E-state index contributed by atoms with van der Waals surface area (Å²) in [7, 11) is -3.70. The fourth-order valence-corrected chi connectivity index (χ4v) is 4.83. The smallest absolute Gasteiger partial charge is 0.262 e. The first-order valence-corrected chi connectivity index (χ1v) is 12.1. The summed E-state index contributed by atoms with van der Waals surface area (Å²) in [6.07, 6.45) is 1.54. The van der Waals surface area contributed by atoms with E-state index < -0.39 is 10.0 Å². The molecule has 2 N–H and O–H groups in total. The van der Waals surface area contributed by atoms with Gasteiger partial charge in [0, 0.05) is 24.3 Å². The van der Waals surface area contributed by atoms with Gasteiger partial charge in [0.05, 0.1) is 16.6 Å². The Bertz CT molecular complexity index is 1420. The van der Waals surface area contributed by atoms with Gasteiger partial charge in [-0.05, 0) is 54.8 Å². The van der Waals surface area contributed by atoms with Gasteiger partial charge in [-0.25, -0.2) is 13.4 Å². The predicted molar refractivity (Wildman–Crippen MR) is 126 cm³/mol. The van der Waals surface area contributed by atoms with Crippen LogP contribution in [0.25, 0.3) is 10.2 Å². The second-order valence-electron chi connectivity index (χ2n) is 7.18. The monoisotopic (exact) mass is 468 g/mol. The van der Waals surface area contributed by atoms with Gasteiger partial charge in [0.1, 0.15) is 4.83 Å². The molecule has 0 saturated carbocycles. The third-order valence-corrected chi connectivity index (χ3v) is 7.00. The lowest BCUT2D eigenvalue weighted by atomic mass is 10.2. The number of rotatable bonds is 7. The number of aryl methyl sites for hydroxylation is 2. The Balaban J connectivity index is 1.35. The zero-order chi connectivity index (χ0) is 22.7. The number of benzene rings is 2. The summed E-state index contributed by atoms with van der Waals surface area (Å²) in [4.78, 5) is 29.7. The van der Waals surface area contributed by atoms with E-state index in [0.717, 1.165) is 5.56 Å². The molecule has 2 aromatic heterocycles. The van der Waals surface area contributed by atoms with Crippen LogP contribution in [0.5, 0.6) is 0 Å². The number of aromatic nitrogens is 2. The third-order valence-electron chi connectivity index (χ3n) is 4.78. The van der Waals surface area contributed by atoms with Gasteiger partial charge in [0.15, 0.2) is 0 Å². The maximum atomic E-state index is 12.5. The molecule has 0 atom stereocenters. The molecule has 0 saturated heterocycles. The van der Waals surface area contributed by atoms with Gasteiger partial charge in [-0.15, -0.1) is 11.3 Å². The molecule has 1 amide bonds. The van der Waals surface area contributed by atoms with E-state index >= 15 is 0 Å². The van der Waals surface area contributed by atoms with E-state index in [-0.39, 0.29) is 29.3 Å². The normalized spacial score (nSPS) is 11.4. The maximum absolute atomic E-state index is 12.5. The maximum Gasteiger partial charge on any atom is 0.262 e. The Labute approximate surface area is 188 Å². The average Bonchev–Trinajstić information content (AvgIpc) is 3.25. The van der Waals surface area contributed by atoms with E-state index in [9.17, 15) is 18.0 Å². The molecule has 8 nitrogen and oxygen atoms in total. The Kier molecular flexibility index (Phi) is 6.06. The van der Waals surface area contributed by atoms with E-state index in [1.165, 1.54) is 22.2 Å². The molecule has 2 heterocycles. The fraction of sp³-hybridized carbons (Fsp3) is 0.136. The van der Waals surface area contributed by atoms with Crippen molar-refractivity contribution in [3.05, 3.63) is 82.2 Å². The number of fused-ring (bicyclic) bond motifs is 1. The quantitative estimate of drug-likeness (QED) is 0.431. The van der Waals surface area contributed by atoms with Crippen molar-refractivity contribution >= 4 is 48.9 Å². The zero-order valence-corrected chi connectivity index (χ0v) is 18.7. The highest BCUT2D eigenvalue weighted by atomic mass is 32.2. The number of amides is 1. The molecular formula is C22H20N4O4S2. The van der Waals surface area contributed by atoms with Crippen molar-refractivity contribution < 1.29 is 13.2 Å². The fourth-order valence-electron chi connectivity index (χ4n) is 3.05. The molecule has 4 aromatic rings. The van der Waals surface area contributed by atoms with Gasteiger partial charge in [-0.2, -0.15) is 0 Å². The lowest BCUT2D eigenvalue weighted by Gasteiger charge is -2.10. The predicted octanol–water partition coefficient (Wildman–Crippen LogP) is 3.60. The molecule has 4 rings (SSSR count). The molecule has 32 heavy (non-hydrogen) atoms. The first kappa shape index (κ1) is 21.7. The average molecular weight is 469 g/mol. The van der Waals surface area contributed by atoms with Crippen LogP contribution < -0.4 is 15.6 Å². The Morgan fingerprint density at radius 2 is 1.72 bits per heavy atom. The van der Waals surface area contributed by atoms with Crippen LogP contribution in [0.3, 0.4) is 0 Å². The van der Waals surface area contributed by atoms with Crippen LogP contribution in [0.1, 0.15) is 12.0 Å². The third kappa shape index (κ3) is 4.87. The minimum absolute atomic E-state index is 0.0963. The van der Waals surface area contributed by atoms with Gasteiger partial charge < -0.3 is 5.32 Å². The minimum atomic E-state index is -3.70. The molecule has 0 unspecified atom stereocenters. The van der Waals surface area contributed by atoms with Crippen LogP contribution in [0.2, 0.25) is 0 Å². The van der Waals surface area contributed by atoms with E-state index in [4.69, 9.17) is 0 Å². The van der Waals surface area contributed by atoms with Gasteiger partial charge in [-0.3, -0.25) is 18.9 Å². The number of hydrogen-bond acceptors (Lipinski definition) is 6. The minimum Gasteiger partial charge on any atom is -0.326 e. The number of anilines is 2. The van der Waals surface area contributed by atoms with Gasteiger partial charge in [0.25, 0.3) is 15.6 Å². The summed E-state index contributed by atoms with van der Waals surface area (Å²) >= 11 is 1.39. The van der Waals surface area contributed by atoms with Crippen molar-refractivity contribution in [3.8, 4) is 0 Å². The topological polar surface area (TPSA) is 110 Å².